The monoisotopic (exact) mass is 223 g/mol. The van der Waals surface area contributed by atoms with E-state index in [2.05, 4.69) is 4.98 Å². The van der Waals surface area contributed by atoms with Gasteiger partial charge in [-0.1, -0.05) is 6.92 Å². The van der Waals surface area contributed by atoms with Crippen molar-refractivity contribution < 1.29 is 9.90 Å². The Hall–Kier alpha value is -1.62. The second kappa shape index (κ2) is 5.46. The van der Waals surface area contributed by atoms with Crippen molar-refractivity contribution in [1.82, 2.24) is 9.88 Å². The van der Waals surface area contributed by atoms with Gasteiger partial charge in [0.15, 0.2) is 0 Å². The van der Waals surface area contributed by atoms with Crippen LogP contribution in [0.25, 0.3) is 0 Å². The maximum absolute atomic E-state index is 11.9. The first kappa shape index (κ1) is 12.4. The third-order valence-corrected chi connectivity index (χ3v) is 2.37. The number of nitrogens with two attached hydrogens (primary N) is 1. The van der Waals surface area contributed by atoms with Gasteiger partial charge in [0.2, 0.25) is 0 Å². The molecule has 16 heavy (non-hydrogen) atoms. The summed E-state index contributed by atoms with van der Waals surface area (Å²) in [5.41, 5.74) is 5.76. The Morgan fingerprint density at radius 1 is 1.69 bits per heavy atom. The fraction of sp³-hybridized carbons (Fsp3) is 0.455. The van der Waals surface area contributed by atoms with Crippen molar-refractivity contribution in [3.8, 4) is 5.75 Å². The second-order valence-electron chi connectivity index (χ2n) is 3.92. The summed E-state index contributed by atoms with van der Waals surface area (Å²) in [7, 11) is 1.69. The molecule has 5 nitrogen and oxygen atoms in total. The van der Waals surface area contributed by atoms with Crippen LogP contribution in [0.5, 0.6) is 5.75 Å². The molecule has 1 amide bonds. The largest absolute Gasteiger partial charge is 0.505 e. The molecule has 1 aromatic rings. The Morgan fingerprint density at radius 2 is 2.38 bits per heavy atom. The SMILES string of the molecule is CC(CN)CN(C)C(=O)c1ccncc1O. The van der Waals surface area contributed by atoms with Crippen LogP contribution in [0.3, 0.4) is 0 Å². The van der Waals surface area contributed by atoms with Crippen molar-refractivity contribution in [2.24, 2.45) is 11.7 Å². The lowest BCUT2D eigenvalue weighted by Crippen LogP contribution is -2.33. The second-order valence-corrected chi connectivity index (χ2v) is 3.92. The molecular weight excluding hydrogens is 206 g/mol. The van der Waals surface area contributed by atoms with E-state index in [4.69, 9.17) is 5.73 Å². The Morgan fingerprint density at radius 3 is 2.94 bits per heavy atom. The van der Waals surface area contributed by atoms with Gasteiger partial charge in [0.25, 0.3) is 5.91 Å². The van der Waals surface area contributed by atoms with Crippen LogP contribution in [0.1, 0.15) is 17.3 Å². The van der Waals surface area contributed by atoms with E-state index >= 15 is 0 Å². The van der Waals surface area contributed by atoms with Crippen molar-refractivity contribution in [2.75, 3.05) is 20.1 Å². The first-order valence-corrected chi connectivity index (χ1v) is 5.14. The van der Waals surface area contributed by atoms with Crippen LogP contribution >= 0.6 is 0 Å². The zero-order chi connectivity index (χ0) is 12.1. The molecule has 0 radical (unpaired) electrons. The summed E-state index contributed by atoms with van der Waals surface area (Å²) in [4.78, 5) is 17.2. The smallest absolute Gasteiger partial charge is 0.257 e. The Bertz CT molecular complexity index is 368. The van der Waals surface area contributed by atoms with E-state index in [1.807, 2.05) is 6.92 Å². The van der Waals surface area contributed by atoms with Gasteiger partial charge in [-0.25, -0.2) is 0 Å². The molecule has 3 N–H and O–H groups in total. The number of hydrogen-bond donors (Lipinski definition) is 2. The normalized spacial score (nSPS) is 12.2. The Labute approximate surface area is 94.9 Å². The third kappa shape index (κ3) is 2.93. The molecule has 1 atom stereocenters. The molecule has 0 bridgehead atoms. The summed E-state index contributed by atoms with van der Waals surface area (Å²) in [6.07, 6.45) is 2.74. The van der Waals surface area contributed by atoms with Gasteiger partial charge < -0.3 is 15.7 Å². The van der Waals surface area contributed by atoms with Crippen LogP contribution in [0.2, 0.25) is 0 Å². The summed E-state index contributed by atoms with van der Waals surface area (Å²) in [5, 5.41) is 9.49. The lowest BCUT2D eigenvalue weighted by molar-refractivity contribution is 0.0774. The number of hydrogen-bond acceptors (Lipinski definition) is 4. The van der Waals surface area contributed by atoms with Gasteiger partial charge in [0, 0.05) is 19.8 Å². The molecule has 1 rings (SSSR count). The van der Waals surface area contributed by atoms with Crippen LogP contribution in [-0.2, 0) is 0 Å². The number of nitrogens with zero attached hydrogens (tertiary/aromatic N) is 2. The van der Waals surface area contributed by atoms with Crippen LogP contribution < -0.4 is 5.73 Å². The number of aromatic nitrogens is 1. The standard InChI is InChI=1S/C11H17N3O2/c1-8(5-12)7-14(2)11(16)9-3-4-13-6-10(9)15/h3-4,6,8,15H,5,7,12H2,1-2H3. The maximum atomic E-state index is 11.9. The first-order chi connectivity index (χ1) is 7.56. The number of pyridine rings is 1. The summed E-state index contributed by atoms with van der Waals surface area (Å²) in [6, 6.07) is 1.50. The highest BCUT2D eigenvalue weighted by Gasteiger charge is 2.16. The van der Waals surface area contributed by atoms with Crippen LogP contribution in [0.15, 0.2) is 18.5 Å². The van der Waals surface area contributed by atoms with E-state index < -0.39 is 0 Å². The number of carbonyl (C=O) groups excluding carboxylic acids is 1. The van der Waals surface area contributed by atoms with Gasteiger partial charge in [0.1, 0.15) is 5.75 Å². The minimum atomic E-state index is -0.222. The summed E-state index contributed by atoms with van der Waals surface area (Å²) >= 11 is 0. The van der Waals surface area contributed by atoms with Gasteiger partial charge in [-0.3, -0.25) is 9.78 Å². The molecule has 0 aliphatic rings. The predicted molar refractivity (Wildman–Crippen MR) is 61.1 cm³/mol. The number of rotatable bonds is 4. The minimum absolute atomic E-state index is 0.0975. The number of aromatic hydroxyl groups is 1. The molecule has 0 aliphatic carbocycles. The summed E-state index contributed by atoms with van der Waals surface area (Å²) in [6.45, 7) is 3.06. The van der Waals surface area contributed by atoms with E-state index in [-0.39, 0.29) is 23.1 Å². The average Bonchev–Trinajstić information content (AvgIpc) is 2.28. The topological polar surface area (TPSA) is 79.5 Å². The molecule has 1 aromatic heterocycles. The minimum Gasteiger partial charge on any atom is -0.505 e. The van der Waals surface area contributed by atoms with Gasteiger partial charge in [-0.2, -0.15) is 0 Å². The maximum Gasteiger partial charge on any atom is 0.257 e. The molecule has 1 unspecified atom stereocenters. The molecule has 88 valence electrons. The highest BCUT2D eigenvalue weighted by molar-refractivity contribution is 5.96. The highest BCUT2D eigenvalue weighted by atomic mass is 16.3. The van der Waals surface area contributed by atoms with Crippen molar-refractivity contribution in [3.05, 3.63) is 24.0 Å². The lowest BCUT2D eigenvalue weighted by Gasteiger charge is -2.20. The fourth-order valence-electron chi connectivity index (χ4n) is 1.40. The molecule has 0 aliphatic heterocycles. The molecule has 0 aromatic carbocycles. The average molecular weight is 223 g/mol. The molecule has 0 saturated heterocycles. The van der Waals surface area contributed by atoms with Crippen LogP contribution in [-0.4, -0.2) is 41.0 Å². The van der Waals surface area contributed by atoms with E-state index in [9.17, 15) is 9.90 Å². The molecule has 0 spiro atoms. The van der Waals surface area contributed by atoms with E-state index in [0.717, 1.165) is 0 Å². The van der Waals surface area contributed by atoms with E-state index in [1.54, 1.807) is 11.9 Å². The van der Waals surface area contributed by atoms with Gasteiger partial charge in [0.05, 0.1) is 11.8 Å². The zero-order valence-corrected chi connectivity index (χ0v) is 9.55. The van der Waals surface area contributed by atoms with Crippen molar-refractivity contribution >= 4 is 5.91 Å². The van der Waals surface area contributed by atoms with Crippen molar-refractivity contribution in [3.63, 3.8) is 0 Å². The zero-order valence-electron chi connectivity index (χ0n) is 9.55. The molecule has 1 heterocycles. The van der Waals surface area contributed by atoms with Gasteiger partial charge in [-0.05, 0) is 18.5 Å². The molecular formula is C11H17N3O2. The fourth-order valence-corrected chi connectivity index (χ4v) is 1.40. The summed E-state index contributed by atoms with van der Waals surface area (Å²) in [5.74, 6) is -0.0853. The predicted octanol–water partition coefficient (Wildman–Crippen LogP) is 0.454. The molecule has 5 heteroatoms. The van der Waals surface area contributed by atoms with Crippen molar-refractivity contribution in [2.45, 2.75) is 6.92 Å². The van der Waals surface area contributed by atoms with E-state index in [0.29, 0.717) is 13.1 Å². The van der Waals surface area contributed by atoms with Crippen LogP contribution in [0, 0.1) is 5.92 Å². The third-order valence-electron chi connectivity index (χ3n) is 2.37. The number of carbonyl (C=O) groups is 1. The highest BCUT2D eigenvalue weighted by Crippen LogP contribution is 2.16. The molecule has 0 saturated carbocycles. The van der Waals surface area contributed by atoms with E-state index in [1.165, 1.54) is 18.5 Å². The Kier molecular flexibility index (Phi) is 4.25. The van der Waals surface area contributed by atoms with Gasteiger partial charge in [-0.15, -0.1) is 0 Å². The van der Waals surface area contributed by atoms with Crippen molar-refractivity contribution in [1.29, 1.82) is 0 Å². The first-order valence-electron chi connectivity index (χ1n) is 5.14. The Balaban J connectivity index is 2.75. The van der Waals surface area contributed by atoms with Gasteiger partial charge >= 0.3 is 0 Å². The molecule has 0 fully saturated rings. The summed E-state index contributed by atoms with van der Waals surface area (Å²) < 4.78 is 0. The lowest BCUT2D eigenvalue weighted by atomic mass is 10.1. The number of amides is 1. The van der Waals surface area contributed by atoms with Crippen LogP contribution in [0.4, 0.5) is 0 Å². The quantitative estimate of drug-likeness (QED) is 0.777.